The van der Waals surface area contributed by atoms with Crippen molar-refractivity contribution < 1.29 is 4.79 Å². The summed E-state index contributed by atoms with van der Waals surface area (Å²) in [5, 5.41) is 0. The number of aromatic nitrogens is 1. The van der Waals surface area contributed by atoms with Gasteiger partial charge in [0.2, 0.25) is 5.91 Å². The van der Waals surface area contributed by atoms with Gasteiger partial charge in [-0.05, 0) is 53.4 Å². The summed E-state index contributed by atoms with van der Waals surface area (Å²) in [6.07, 6.45) is 3.91. The van der Waals surface area contributed by atoms with Crippen LogP contribution >= 0.6 is 15.9 Å². The van der Waals surface area contributed by atoms with Gasteiger partial charge in [0.15, 0.2) is 0 Å². The smallest absolute Gasteiger partial charge is 0.239 e. The number of nitrogens with zero attached hydrogens (tertiary/aromatic N) is 2. The third-order valence-corrected chi connectivity index (χ3v) is 3.24. The summed E-state index contributed by atoms with van der Waals surface area (Å²) in [7, 11) is 0. The Bertz CT molecular complexity index is 418. The molecule has 2 rings (SSSR count). The number of hydrogen-bond donors (Lipinski definition) is 1. The molecule has 2 N–H and O–H groups in total. The zero-order valence-corrected chi connectivity index (χ0v) is 11.4. The van der Waals surface area contributed by atoms with Crippen molar-refractivity contribution in [2.75, 3.05) is 0 Å². The molecule has 1 heterocycles. The molecular weight excluding hydrogens is 282 g/mol. The van der Waals surface area contributed by atoms with Gasteiger partial charge in [-0.3, -0.25) is 4.79 Å². The van der Waals surface area contributed by atoms with E-state index in [0.717, 1.165) is 23.0 Å². The quantitative estimate of drug-likeness (QED) is 0.860. The van der Waals surface area contributed by atoms with Crippen LogP contribution in [0.4, 0.5) is 0 Å². The summed E-state index contributed by atoms with van der Waals surface area (Å²) in [4.78, 5) is 17.9. The molecule has 1 unspecified atom stereocenters. The lowest BCUT2D eigenvalue weighted by atomic mass is 10.2. The van der Waals surface area contributed by atoms with E-state index in [0.29, 0.717) is 12.6 Å². The topological polar surface area (TPSA) is 59.2 Å². The average Bonchev–Trinajstić information content (AvgIpc) is 3.09. The van der Waals surface area contributed by atoms with E-state index in [2.05, 4.69) is 20.9 Å². The first-order valence-electron chi connectivity index (χ1n) is 5.74. The van der Waals surface area contributed by atoms with E-state index in [1.54, 1.807) is 13.1 Å². The molecule has 1 aromatic heterocycles. The lowest BCUT2D eigenvalue weighted by molar-refractivity contribution is -0.133. The fourth-order valence-corrected chi connectivity index (χ4v) is 2.18. The van der Waals surface area contributed by atoms with Crippen molar-refractivity contribution in [3.63, 3.8) is 0 Å². The second kappa shape index (κ2) is 5.14. The van der Waals surface area contributed by atoms with Gasteiger partial charge in [-0.2, -0.15) is 0 Å². The van der Waals surface area contributed by atoms with Crippen LogP contribution in [0.15, 0.2) is 22.9 Å². The van der Waals surface area contributed by atoms with Crippen LogP contribution in [0.1, 0.15) is 25.3 Å². The third kappa shape index (κ3) is 3.26. The average molecular weight is 298 g/mol. The molecule has 0 bridgehead atoms. The molecule has 1 aromatic rings. The molecule has 1 fully saturated rings. The van der Waals surface area contributed by atoms with E-state index < -0.39 is 6.04 Å². The fraction of sp³-hybridized carbons (Fsp3) is 0.500. The molecule has 0 radical (unpaired) electrons. The number of carbonyl (C=O) groups excluding carboxylic acids is 1. The summed E-state index contributed by atoms with van der Waals surface area (Å²) in [5.41, 5.74) is 6.75. The Morgan fingerprint density at radius 3 is 2.94 bits per heavy atom. The minimum absolute atomic E-state index is 0.0282. The predicted octanol–water partition coefficient (Wildman–Crippen LogP) is 1.68. The number of amides is 1. The number of hydrogen-bond acceptors (Lipinski definition) is 3. The molecule has 0 aromatic carbocycles. The van der Waals surface area contributed by atoms with Crippen LogP contribution in [0.5, 0.6) is 0 Å². The van der Waals surface area contributed by atoms with Gasteiger partial charge in [0.05, 0.1) is 6.04 Å². The van der Waals surface area contributed by atoms with Crippen LogP contribution in [-0.2, 0) is 11.3 Å². The highest BCUT2D eigenvalue weighted by molar-refractivity contribution is 9.10. The van der Waals surface area contributed by atoms with Crippen molar-refractivity contribution in [2.24, 2.45) is 5.73 Å². The third-order valence-electron chi connectivity index (χ3n) is 2.80. The van der Waals surface area contributed by atoms with E-state index in [1.807, 2.05) is 17.0 Å². The fourth-order valence-electron chi connectivity index (χ4n) is 1.77. The van der Waals surface area contributed by atoms with Crippen LogP contribution in [0.2, 0.25) is 0 Å². The first-order chi connectivity index (χ1) is 8.08. The molecule has 0 spiro atoms. The van der Waals surface area contributed by atoms with Gasteiger partial charge in [0.1, 0.15) is 4.60 Å². The van der Waals surface area contributed by atoms with Gasteiger partial charge in [-0.1, -0.05) is 0 Å². The van der Waals surface area contributed by atoms with E-state index in [1.165, 1.54) is 0 Å². The van der Waals surface area contributed by atoms with Crippen molar-refractivity contribution in [3.8, 4) is 0 Å². The van der Waals surface area contributed by atoms with E-state index in [-0.39, 0.29) is 5.91 Å². The highest BCUT2D eigenvalue weighted by Gasteiger charge is 2.33. The van der Waals surface area contributed by atoms with Gasteiger partial charge in [-0.25, -0.2) is 4.98 Å². The molecule has 5 heteroatoms. The maximum absolute atomic E-state index is 12.0. The van der Waals surface area contributed by atoms with Crippen molar-refractivity contribution in [3.05, 3.63) is 28.5 Å². The molecule has 92 valence electrons. The maximum atomic E-state index is 12.0. The standard InChI is InChI=1S/C12H16BrN3O/c1-8(14)12(17)16(10-2-3-10)7-9-4-5-15-11(13)6-9/h4-6,8,10H,2-3,7,14H2,1H3. The Hall–Kier alpha value is -0.940. The lowest BCUT2D eigenvalue weighted by Crippen LogP contribution is -2.42. The van der Waals surface area contributed by atoms with E-state index in [9.17, 15) is 4.79 Å². The summed E-state index contributed by atoms with van der Waals surface area (Å²) >= 11 is 3.33. The van der Waals surface area contributed by atoms with Crippen molar-refractivity contribution in [1.29, 1.82) is 0 Å². The molecule has 0 saturated heterocycles. The first-order valence-corrected chi connectivity index (χ1v) is 6.53. The zero-order chi connectivity index (χ0) is 12.4. The number of halogens is 1. The van der Waals surface area contributed by atoms with Crippen LogP contribution in [-0.4, -0.2) is 27.9 Å². The summed E-state index contributed by atoms with van der Waals surface area (Å²) < 4.78 is 0.791. The van der Waals surface area contributed by atoms with Crippen LogP contribution in [0, 0.1) is 0 Å². The normalized spacial score (nSPS) is 16.6. The summed E-state index contributed by atoms with van der Waals surface area (Å²) in [6, 6.07) is 3.81. The molecular formula is C12H16BrN3O. The molecule has 1 atom stereocenters. The Kier molecular flexibility index (Phi) is 3.79. The highest BCUT2D eigenvalue weighted by atomic mass is 79.9. The van der Waals surface area contributed by atoms with Crippen molar-refractivity contribution in [1.82, 2.24) is 9.88 Å². The Balaban J connectivity index is 2.10. The Morgan fingerprint density at radius 1 is 1.71 bits per heavy atom. The zero-order valence-electron chi connectivity index (χ0n) is 9.77. The largest absolute Gasteiger partial charge is 0.334 e. The van der Waals surface area contributed by atoms with Gasteiger partial charge >= 0.3 is 0 Å². The Morgan fingerprint density at radius 2 is 2.41 bits per heavy atom. The van der Waals surface area contributed by atoms with Crippen molar-refractivity contribution in [2.45, 2.75) is 38.4 Å². The number of nitrogens with two attached hydrogens (primary N) is 1. The van der Waals surface area contributed by atoms with E-state index >= 15 is 0 Å². The molecule has 4 nitrogen and oxygen atoms in total. The Labute approximate surface area is 109 Å². The van der Waals surface area contributed by atoms with Gasteiger partial charge < -0.3 is 10.6 Å². The summed E-state index contributed by atoms with van der Waals surface area (Å²) in [5.74, 6) is 0.0282. The van der Waals surface area contributed by atoms with Gasteiger partial charge in [-0.15, -0.1) is 0 Å². The monoisotopic (exact) mass is 297 g/mol. The van der Waals surface area contributed by atoms with Crippen LogP contribution < -0.4 is 5.73 Å². The first kappa shape index (κ1) is 12.5. The highest BCUT2D eigenvalue weighted by Crippen LogP contribution is 2.29. The molecule has 0 aliphatic heterocycles. The van der Waals surface area contributed by atoms with Crippen LogP contribution in [0.3, 0.4) is 0 Å². The van der Waals surface area contributed by atoms with Gasteiger partial charge in [0.25, 0.3) is 0 Å². The molecule has 17 heavy (non-hydrogen) atoms. The summed E-state index contributed by atoms with van der Waals surface area (Å²) in [6.45, 7) is 2.35. The molecule has 1 aliphatic rings. The number of carbonyl (C=O) groups is 1. The molecule has 1 aliphatic carbocycles. The van der Waals surface area contributed by atoms with Crippen molar-refractivity contribution >= 4 is 21.8 Å². The van der Waals surface area contributed by atoms with E-state index in [4.69, 9.17) is 5.73 Å². The maximum Gasteiger partial charge on any atom is 0.239 e. The number of rotatable bonds is 4. The number of pyridine rings is 1. The van der Waals surface area contributed by atoms with Crippen LogP contribution in [0.25, 0.3) is 0 Å². The minimum atomic E-state index is -0.430. The van der Waals surface area contributed by atoms with Gasteiger partial charge in [0, 0.05) is 18.8 Å². The minimum Gasteiger partial charge on any atom is -0.334 e. The second-order valence-electron chi connectivity index (χ2n) is 4.47. The molecule has 1 amide bonds. The molecule has 1 saturated carbocycles. The lowest BCUT2D eigenvalue weighted by Gasteiger charge is -2.24. The SMILES string of the molecule is CC(N)C(=O)N(Cc1ccnc(Br)c1)C1CC1. The predicted molar refractivity (Wildman–Crippen MR) is 69.2 cm³/mol. The second-order valence-corrected chi connectivity index (χ2v) is 5.29.